The Hall–Kier alpha value is -4.37. The minimum absolute atomic E-state index is 0.0616. The lowest BCUT2D eigenvalue weighted by Crippen LogP contribution is -2.14. The highest BCUT2D eigenvalue weighted by atomic mass is 32.2. The van der Waals surface area contributed by atoms with E-state index in [0.717, 1.165) is 5.56 Å². The van der Waals surface area contributed by atoms with Gasteiger partial charge in [-0.3, -0.25) is 15.1 Å². The summed E-state index contributed by atoms with van der Waals surface area (Å²) in [5, 5.41) is 12.4. The molecule has 0 atom stereocenters. The molecule has 0 bridgehead atoms. The number of hydrogen-bond donors (Lipinski definition) is 0. The SMILES string of the molecule is CC(C)c1ccc([N+](=O)[O-])c(-c2ccnc3c2cc(-c2cccnc2)n3S(=O)(=O)c2ccccc2)c1. The van der Waals surface area contributed by atoms with Crippen LogP contribution in [-0.4, -0.2) is 27.3 Å². The van der Waals surface area contributed by atoms with E-state index >= 15 is 0 Å². The largest absolute Gasteiger partial charge is 0.277 e. The van der Waals surface area contributed by atoms with Crippen LogP contribution in [0, 0.1) is 10.1 Å². The van der Waals surface area contributed by atoms with Crippen LogP contribution in [0.5, 0.6) is 0 Å². The predicted octanol–water partition coefficient (Wildman–Crippen LogP) is 6.03. The van der Waals surface area contributed by atoms with E-state index in [0.29, 0.717) is 27.8 Å². The van der Waals surface area contributed by atoms with Crippen LogP contribution in [0.3, 0.4) is 0 Å². The third-order valence-corrected chi connectivity index (χ3v) is 7.79. The van der Waals surface area contributed by atoms with Gasteiger partial charge in [-0.25, -0.2) is 17.4 Å². The van der Waals surface area contributed by atoms with Crippen LogP contribution in [0.4, 0.5) is 5.69 Å². The lowest BCUT2D eigenvalue weighted by molar-refractivity contribution is -0.384. The van der Waals surface area contributed by atoms with Crippen LogP contribution in [0.15, 0.2) is 96.3 Å². The Morgan fingerprint density at radius 1 is 0.917 bits per heavy atom. The maximum absolute atomic E-state index is 13.9. The second-order valence-corrected chi connectivity index (χ2v) is 10.4. The number of nitro benzene ring substituents is 1. The van der Waals surface area contributed by atoms with Crippen molar-refractivity contribution in [1.29, 1.82) is 0 Å². The quantitative estimate of drug-likeness (QED) is 0.209. The van der Waals surface area contributed by atoms with E-state index in [4.69, 9.17) is 0 Å². The molecule has 9 heteroatoms. The monoisotopic (exact) mass is 498 g/mol. The number of nitro groups is 1. The molecule has 0 N–H and O–H groups in total. The molecule has 0 saturated carbocycles. The Morgan fingerprint density at radius 3 is 2.36 bits per heavy atom. The number of nitrogens with zero attached hydrogens (tertiary/aromatic N) is 4. The Kier molecular flexibility index (Phi) is 5.85. The van der Waals surface area contributed by atoms with Gasteiger partial charge >= 0.3 is 0 Å². The molecular weight excluding hydrogens is 476 g/mol. The maximum Gasteiger partial charge on any atom is 0.277 e. The number of hydrogen-bond acceptors (Lipinski definition) is 6. The van der Waals surface area contributed by atoms with Gasteiger partial charge < -0.3 is 0 Å². The minimum atomic E-state index is -4.06. The van der Waals surface area contributed by atoms with Gasteiger partial charge in [-0.1, -0.05) is 38.1 Å². The molecule has 8 nitrogen and oxygen atoms in total. The molecule has 180 valence electrons. The van der Waals surface area contributed by atoms with Crippen LogP contribution in [0.25, 0.3) is 33.4 Å². The lowest BCUT2D eigenvalue weighted by Gasteiger charge is -2.12. The van der Waals surface area contributed by atoms with Crippen molar-refractivity contribution in [2.45, 2.75) is 24.7 Å². The van der Waals surface area contributed by atoms with E-state index < -0.39 is 14.9 Å². The third kappa shape index (κ3) is 3.93. The van der Waals surface area contributed by atoms with Gasteiger partial charge in [0.05, 0.1) is 21.1 Å². The first-order chi connectivity index (χ1) is 17.3. The molecule has 36 heavy (non-hydrogen) atoms. The molecule has 0 radical (unpaired) electrons. The summed E-state index contributed by atoms with van der Waals surface area (Å²) in [4.78, 5) is 20.2. The molecule has 3 heterocycles. The minimum Gasteiger partial charge on any atom is -0.264 e. The van der Waals surface area contributed by atoms with Gasteiger partial charge in [-0.2, -0.15) is 0 Å². The zero-order chi connectivity index (χ0) is 25.4. The molecule has 0 saturated heterocycles. The highest BCUT2D eigenvalue weighted by Crippen LogP contribution is 2.40. The van der Waals surface area contributed by atoms with Crippen LogP contribution < -0.4 is 0 Å². The second kappa shape index (κ2) is 9.01. The number of benzene rings is 2. The van der Waals surface area contributed by atoms with Gasteiger partial charge in [0.2, 0.25) is 0 Å². The molecule has 3 aromatic heterocycles. The summed E-state index contributed by atoms with van der Waals surface area (Å²) in [6, 6.07) is 20.0. The average Bonchev–Trinajstić information content (AvgIpc) is 3.30. The second-order valence-electron chi connectivity index (χ2n) is 8.64. The molecule has 0 aliphatic rings. The maximum atomic E-state index is 13.9. The first kappa shape index (κ1) is 23.4. The van der Waals surface area contributed by atoms with Crippen molar-refractivity contribution in [3.8, 4) is 22.4 Å². The van der Waals surface area contributed by atoms with E-state index in [1.807, 2.05) is 13.8 Å². The van der Waals surface area contributed by atoms with Crippen molar-refractivity contribution in [2.75, 3.05) is 0 Å². The Labute approximate surface area is 208 Å². The highest BCUT2D eigenvalue weighted by Gasteiger charge is 2.27. The summed E-state index contributed by atoms with van der Waals surface area (Å²) < 4.78 is 28.9. The predicted molar refractivity (Wildman–Crippen MR) is 138 cm³/mol. The van der Waals surface area contributed by atoms with Gasteiger partial charge in [0, 0.05) is 41.2 Å². The van der Waals surface area contributed by atoms with E-state index in [9.17, 15) is 18.5 Å². The Bertz CT molecular complexity index is 1700. The number of rotatable bonds is 6. The summed E-state index contributed by atoms with van der Waals surface area (Å²) in [6.45, 7) is 4.02. The van der Waals surface area contributed by atoms with E-state index in [1.165, 1.54) is 28.4 Å². The number of pyridine rings is 2. The fourth-order valence-electron chi connectivity index (χ4n) is 4.25. The standard InChI is InChI=1S/C27H22N4O4S/c1-18(2)19-10-11-25(31(32)33)23(15-19)22-12-14-29-27-24(22)16-26(20-7-6-13-28-17-20)30(27)36(34,35)21-8-4-3-5-9-21/h3-18H,1-2H3. The Balaban J connectivity index is 1.88. The molecule has 0 spiro atoms. The molecule has 5 rings (SSSR count). The van der Waals surface area contributed by atoms with Crippen molar-refractivity contribution < 1.29 is 13.3 Å². The number of fused-ring (bicyclic) bond motifs is 1. The fraction of sp³-hybridized carbons (Fsp3) is 0.111. The van der Waals surface area contributed by atoms with Crippen molar-refractivity contribution in [2.24, 2.45) is 0 Å². The molecular formula is C27H22N4O4S. The molecule has 0 aliphatic carbocycles. The lowest BCUT2D eigenvalue weighted by atomic mass is 9.95. The van der Waals surface area contributed by atoms with Crippen molar-refractivity contribution >= 4 is 26.7 Å². The molecule has 0 aliphatic heterocycles. The summed E-state index contributed by atoms with van der Waals surface area (Å²) >= 11 is 0. The third-order valence-electron chi connectivity index (χ3n) is 6.07. The molecule has 0 fully saturated rings. The molecule has 0 unspecified atom stereocenters. The zero-order valence-electron chi connectivity index (χ0n) is 19.6. The van der Waals surface area contributed by atoms with Gasteiger partial charge in [-0.05, 0) is 53.9 Å². The molecule has 2 aromatic carbocycles. The fourth-order valence-corrected chi connectivity index (χ4v) is 5.76. The smallest absolute Gasteiger partial charge is 0.264 e. The Morgan fingerprint density at radius 2 is 1.69 bits per heavy atom. The van der Waals surface area contributed by atoms with Gasteiger partial charge in [0.25, 0.3) is 15.7 Å². The van der Waals surface area contributed by atoms with Crippen molar-refractivity contribution in [3.63, 3.8) is 0 Å². The number of aromatic nitrogens is 3. The summed E-state index contributed by atoms with van der Waals surface area (Å²) in [7, 11) is -4.06. The normalized spacial score (nSPS) is 11.8. The summed E-state index contributed by atoms with van der Waals surface area (Å²) in [5.41, 5.74) is 2.93. The topological polar surface area (TPSA) is 108 Å². The van der Waals surface area contributed by atoms with E-state index in [-0.39, 0.29) is 22.1 Å². The van der Waals surface area contributed by atoms with Crippen LogP contribution >= 0.6 is 0 Å². The summed E-state index contributed by atoms with van der Waals surface area (Å²) in [5.74, 6) is 0.149. The van der Waals surface area contributed by atoms with Gasteiger partial charge in [0.15, 0.2) is 5.65 Å². The molecule has 5 aromatic rings. The van der Waals surface area contributed by atoms with E-state index in [1.54, 1.807) is 67.0 Å². The molecule has 0 amide bonds. The average molecular weight is 499 g/mol. The van der Waals surface area contributed by atoms with Gasteiger partial charge in [-0.15, -0.1) is 0 Å². The summed E-state index contributed by atoms with van der Waals surface area (Å²) in [6.07, 6.45) is 4.66. The van der Waals surface area contributed by atoms with Crippen LogP contribution in [0.1, 0.15) is 25.3 Å². The van der Waals surface area contributed by atoms with Crippen LogP contribution in [0.2, 0.25) is 0 Å². The first-order valence-electron chi connectivity index (χ1n) is 11.3. The van der Waals surface area contributed by atoms with Gasteiger partial charge in [0.1, 0.15) is 0 Å². The highest BCUT2D eigenvalue weighted by molar-refractivity contribution is 7.90. The van der Waals surface area contributed by atoms with Crippen molar-refractivity contribution in [1.82, 2.24) is 13.9 Å². The van der Waals surface area contributed by atoms with Crippen molar-refractivity contribution in [3.05, 3.63) is 107 Å². The first-order valence-corrected chi connectivity index (χ1v) is 12.7. The zero-order valence-corrected chi connectivity index (χ0v) is 20.4. The van der Waals surface area contributed by atoms with Crippen LogP contribution in [-0.2, 0) is 10.0 Å². The van der Waals surface area contributed by atoms with E-state index in [2.05, 4.69) is 9.97 Å².